The van der Waals surface area contributed by atoms with Gasteiger partial charge in [-0.2, -0.15) is 0 Å². The van der Waals surface area contributed by atoms with E-state index in [0.717, 1.165) is 11.1 Å². The van der Waals surface area contributed by atoms with Gasteiger partial charge in [-0.25, -0.2) is 4.79 Å². The van der Waals surface area contributed by atoms with Gasteiger partial charge in [-0.15, -0.1) is 0 Å². The average Bonchev–Trinajstić information content (AvgIpc) is 2.67. The van der Waals surface area contributed by atoms with Gasteiger partial charge in [0.2, 0.25) is 0 Å². The monoisotopic (exact) mass is 394 g/mol. The Morgan fingerprint density at radius 2 is 1.71 bits per heavy atom. The summed E-state index contributed by atoms with van der Waals surface area (Å²) >= 11 is 5.44. The first-order chi connectivity index (χ1) is 13.3. The molecule has 1 unspecified atom stereocenters. The summed E-state index contributed by atoms with van der Waals surface area (Å²) in [5.74, 6) is -0.353. The van der Waals surface area contributed by atoms with Crippen molar-refractivity contribution in [2.45, 2.75) is 39.2 Å². The largest absolute Gasteiger partial charge is 0.463 e. The third kappa shape index (κ3) is 4.25. The van der Waals surface area contributed by atoms with E-state index < -0.39 is 0 Å². The Hall–Kier alpha value is -2.66. The van der Waals surface area contributed by atoms with E-state index in [1.54, 1.807) is 0 Å². The number of rotatable bonds is 4. The van der Waals surface area contributed by atoms with Crippen LogP contribution in [-0.4, -0.2) is 17.7 Å². The van der Waals surface area contributed by atoms with Gasteiger partial charge >= 0.3 is 5.97 Å². The van der Waals surface area contributed by atoms with E-state index in [4.69, 9.17) is 17.0 Å². The van der Waals surface area contributed by atoms with Gasteiger partial charge in [0.15, 0.2) is 5.11 Å². The maximum absolute atomic E-state index is 12.9. The number of thiocarbonyl (C=S) groups is 1. The van der Waals surface area contributed by atoms with Crippen LogP contribution in [0, 0.1) is 0 Å². The van der Waals surface area contributed by atoms with Crippen molar-refractivity contribution in [1.29, 1.82) is 0 Å². The maximum Gasteiger partial charge on any atom is 0.338 e. The molecule has 0 saturated heterocycles. The summed E-state index contributed by atoms with van der Waals surface area (Å²) in [6.07, 6.45) is 0. The molecule has 1 aliphatic rings. The van der Waals surface area contributed by atoms with Crippen molar-refractivity contribution < 1.29 is 9.53 Å². The number of ether oxygens (including phenoxy) is 1. The summed E-state index contributed by atoms with van der Waals surface area (Å²) in [6.45, 7) is 8.65. The van der Waals surface area contributed by atoms with Crippen LogP contribution in [0.2, 0.25) is 0 Å². The van der Waals surface area contributed by atoms with E-state index in [1.807, 2.05) is 49.4 Å². The minimum Gasteiger partial charge on any atom is -0.463 e. The van der Waals surface area contributed by atoms with Gasteiger partial charge in [0, 0.05) is 0 Å². The molecule has 0 fully saturated rings. The molecule has 0 aromatic heterocycles. The van der Waals surface area contributed by atoms with Crippen LogP contribution < -0.4 is 10.6 Å². The molecule has 0 aliphatic carbocycles. The molecule has 0 radical (unpaired) electrons. The van der Waals surface area contributed by atoms with Crippen LogP contribution in [0.1, 0.15) is 50.4 Å². The first-order valence-electron chi connectivity index (χ1n) is 9.46. The normalized spacial score (nSPS) is 17.0. The lowest BCUT2D eigenvalue weighted by atomic mass is 9.85. The van der Waals surface area contributed by atoms with Crippen molar-refractivity contribution in [2.75, 3.05) is 6.61 Å². The van der Waals surface area contributed by atoms with Gasteiger partial charge in [-0.1, -0.05) is 75.4 Å². The molecule has 2 N–H and O–H groups in total. The van der Waals surface area contributed by atoms with E-state index in [2.05, 4.69) is 43.5 Å². The summed E-state index contributed by atoms with van der Waals surface area (Å²) < 4.78 is 5.38. The average molecular weight is 395 g/mol. The number of carbonyl (C=O) groups excluding carboxylic acids is 1. The third-order valence-electron chi connectivity index (χ3n) is 4.74. The number of carbonyl (C=O) groups is 1. The zero-order valence-corrected chi connectivity index (χ0v) is 17.5. The molecule has 5 heteroatoms. The van der Waals surface area contributed by atoms with E-state index in [9.17, 15) is 4.79 Å². The molecular weight excluding hydrogens is 368 g/mol. The van der Waals surface area contributed by atoms with Crippen LogP contribution in [-0.2, 0) is 14.9 Å². The predicted molar refractivity (Wildman–Crippen MR) is 117 cm³/mol. The molecule has 1 aliphatic heterocycles. The highest BCUT2D eigenvalue weighted by atomic mass is 32.1. The molecule has 146 valence electrons. The van der Waals surface area contributed by atoms with Crippen LogP contribution in [0.15, 0.2) is 60.2 Å². The van der Waals surface area contributed by atoms with E-state index in [1.165, 1.54) is 5.56 Å². The molecule has 2 aromatic rings. The van der Waals surface area contributed by atoms with Gasteiger partial charge in [0.1, 0.15) is 0 Å². The molecule has 1 atom stereocenters. The van der Waals surface area contributed by atoms with Crippen molar-refractivity contribution in [3.8, 4) is 0 Å². The highest BCUT2D eigenvalue weighted by molar-refractivity contribution is 7.80. The highest BCUT2D eigenvalue weighted by Crippen LogP contribution is 2.33. The zero-order chi connectivity index (χ0) is 20.3. The van der Waals surface area contributed by atoms with Gasteiger partial charge in [0.25, 0.3) is 0 Å². The topological polar surface area (TPSA) is 50.4 Å². The fourth-order valence-electron chi connectivity index (χ4n) is 3.25. The molecule has 4 nitrogen and oxygen atoms in total. The molecular formula is C23H26N2O2S. The fourth-order valence-corrected chi connectivity index (χ4v) is 3.47. The molecule has 0 saturated carbocycles. The van der Waals surface area contributed by atoms with Crippen molar-refractivity contribution >= 4 is 29.0 Å². The first kappa shape index (κ1) is 20.1. The summed E-state index contributed by atoms with van der Waals surface area (Å²) in [7, 11) is 0. The standard InChI is InChI=1S/C23H26N2O2S/c1-5-27-21(26)18-19(15-9-7-6-8-10-15)24-22(28)25-20(18)16-11-13-17(14-12-16)23(2,3)4/h6-14,20H,5H2,1-4H3,(H2,24,25,28). The SMILES string of the molecule is CCOC(=O)C1=C(c2ccccc2)NC(=S)NC1c1ccc(C(C)(C)C)cc1. The number of nitrogens with one attached hydrogen (secondary N) is 2. The third-order valence-corrected chi connectivity index (χ3v) is 4.96. The minimum atomic E-state index is -0.378. The minimum absolute atomic E-state index is 0.0599. The summed E-state index contributed by atoms with van der Waals surface area (Å²) in [4.78, 5) is 12.9. The van der Waals surface area contributed by atoms with E-state index >= 15 is 0 Å². The van der Waals surface area contributed by atoms with Crippen molar-refractivity contribution in [2.24, 2.45) is 0 Å². The Morgan fingerprint density at radius 1 is 1.07 bits per heavy atom. The molecule has 0 amide bonds. The second-order valence-corrected chi connectivity index (χ2v) is 8.19. The van der Waals surface area contributed by atoms with Crippen molar-refractivity contribution in [3.63, 3.8) is 0 Å². The molecule has 3 rings (SSSR count). The van der Waals surface area contributed by atoms with Gasteiger partial charge in [-0.3, -0.25) is 0 Å². The van der Waals surface area contributed by atoms with Crippen LogP contribution in [0.3, 0.4) is 0 Å². The fraction of sp³-hybridized carbons (Fsp3) is 0.304. The molecule has 1 heterocycles. The first-order valence-corrected chi connectivity index (χ1v) is 9.86. The molecule has 0 bridgehead atoms. The van der Waals surface area contributed by atoms with Crippen LogP contribution >= 0.6 is 12.2 Å². The number of benzene rings is 2. The van der Waals surface area contributed by atoms with E-state index in [-0.39, 0.29) is 17.4 Å². The van der Waals surface area contributed by atoms with Crippen molar-refractivity contribution in [3.05, 3.63) is 76.9 Å². The van der Waals surface area contributed by atoms with Gasteiger partial charge in [-0.05, 0) is 41.2 Å². The molecule has 28 heavy (non-hydrogen) atoms. The predicted octanol–water partition coefficient (Wildman–Crippen LogP) is 4.48. The quantitative estimate of drug-likeness (QED) is 0.592. The van der Waals surface area contributed by atoms with Gasteiger partial charge in [0.05, 0.1) is 23.9 Å². The Kier molecular flexibility index (Phi) is 5.84. The Bertz CT molecular complexity index is 896. The summed E-state index contributed by atoms with van der Waals surface area (Å²) in [6, 6.07) is 17.6. The van der Waals surface area contributed by atoms with Crippen LogP contribution in [0.4, 0.5) is 0 Å². The lowest BCUT2D eigenvalue weighted by molar-refractivity contribution is -0.138. The number of hydrogen-bond acceptors (Lipinski definition) is 3. The lowest BCUT2D eigenvalue weighted by Crippen LogP contribution is -2.45. The number of hydrogen-bond donors (Lipinski definition) is 2. The maximum atomic E-state index is 12.9. The lowest BCUT2D eigenvalue weighted by Gasteiger charge is -2.31. The summed E-state index contributed by atoms with van der Waals surface area (Å²) in [5, 5.41) is 6.88. The Morgan fingerprint density at radius 3 is 2.29 bits per heavy atom. The zero-order valence-electron chi connectivity index (χ0n) is 16.7. The van der Waals surface area contributed by atoms with E-state index in [0.29, 0.717) is 23.0 Å². The van der Waals surface area contributed by atoms with Crippen LogP contribution in [0.5, 0.6) is 0 Å². The highest BCUT2D eigenvalue weighted by Gasteiger charge is 2.33. The molecule has 2 aromatic carbocycles. The number of esters is 1. The Labute approximate surface area is 172 Å². The Balaban J connectivity index is 2.12. The summed E-state index contributed by atoms with van der Waals surface area (Å²) in [5.41, 5.74) is 4.37. The second kappa shape index (κ2) is 8.15. The van der Waals surface area contributed by atoms with Crippen molar-refractivity contribution in [1.82, 2.24) is 10.6 Å². The molecule has 0 spiro atoms. The van der Waals surface area contributed by atoms with Crippen LogP contribution in [0.25, 0.3) is 5.70 Å². The smallest absolute Gasteiger partial charge is 0.338 e. The second-order valence-electron chi connectivity index (χ2n) is 7.78. The van der Waals surface area contributed by atoms with Gasteiger partial charge < -0.3 is 15.4 Å².